The summed E-state index contributed by atoms with van der Waals surface area (Å²) in [6.45, 7) is 4.24. The van der Waals surface area contributed by atoms with E-state index >= 15 is 0 Å². The van der Waals surface area contributed by atoms with Gasteiger partial charge in [0.1, 0.15) is 5.75 Å². The molecule has 0 heterocycles. The third kappa shape index (κ3) is 2.96. The third-order valence-electron chi connectivity index (χ3n) is 3.28. The summed E-state index contributed by atoms with van der Waals surface area (Å²) in [5.74, 6) is 0.773. The van der Waals surface area contributed by atoms with Gasteiger partial charge in [0.15, 0.2) is 0 Å². The van der Waals surface area contributed by atoms with Crippen molar-refractivity contribution in [1.82, 2.24) is 0 Å². The lowest BCUT2D eigenvalue weighted by atomic mass is 9.96. The zero-order valence-corrected chi connectivity index (χ0v) is 13.5. The van der Waals surface area contributed by atoms with Gasteiger partial charge in [-0.2, -0.15) is 0 Å². The Morgan fingerprint density at radius 2 is 1.74 bits per heavy atom. The number of methoxy groups -OCH3 is 1. The summed E-state index contributed by atoms with van der Waals surface area (Å²) >= 11 is 10.1. The molecule has 1 unspecified atom stereocenters. The first-order valence-electron chi connectivity index (χ1n) is 6.08. The summed E-state index contributed by atoms with van der Waals surface area (Å²) in [5.41, 5.74) is 4.84. The third-order valence-corrected chi connectivity index (χ3v) is 4.55. The van der Waals surface area contributed by atoms with Crippen molar-refractivity contribution in [1.29, 1.82) is 0 Å². The van der Waals surface area contributed by atoms with Gasteiger partial charge in [0.05, 0.1) is 11.9 Å². The molecular formula is C16H16BrClO. The van der Waals surface area contributed by atoms with Gasteiger partial charge in [-0.05, 0) is 48.2 Å². The van der Waals surface area contributed by atoms with Gasteiger partial charge in [-0.15, -0.1) is 0 Å². The van der Waals surface area contributed by atoms with E-state index in [1.807, 2.05) is 18.2 Å². The normalized spacial score (nSPS) is 12.3. The average Bonchev–Trinajstić information content (AvgIpc) is 2.38. The zero-order valence-electron chi connectivity index (χ0n) is 11.2. The number of hydrogen-bond donors (Lipinski definition) is 0. The van der Waals surface area contributed by atoms with Gasteiger partial charge >= 0.3 is 0 Å². The molecule has 1 atom stereocenters. The number of aryl methyl sites for hydroxylation is 2. The second-order valence-corrected chi connectivity index (χ2v) is 5.88. The molecule has 0 fully saturated rings. The van der Waals surface area contributed by atoms with Crippen LogP contribution in [0.2, 0.25) is 5.02 Å². The standard InChI is InChI=1S/C16H16BrClO/c1-10-5-4-6-11(2)15(10)16(17)13-8-7-12(19-3)9-14(13)18/h4-9,16H,1-3H3. The fourth-order valence-corrected chi connectivity index (χ4v) is 3.76. The zero-order chi connectivity index (χ0) is 14.0. The highest BCUT2D eigenvalue weighted by Gasteiger charge is 2.18. The number of hydrogen-bond acceptors (Lipinski definition) is 1. The molecule has 0 aromatic heterocycles. The Bertz CT molecular complexity index is 575. The van der Waals surface area contributed by atoms with E-state index in [-0.39, 0.29) is 4.83 Å². The van der Waals surface area contributed by atoms with Crippen LogP contribution in [0.15, 0.2) is 36.4 Å². The fraction of sp³-hybridized carbons (Fsp3) is 0.250. The molecule has 2 aromatic rings. The SMILES string of the molecule is COc1ccc(C(Br)c2c(C)cccc2C)c(Cl)c1. The molecule has 100 valence electrons. The summed E-state index contributed by atoms with van der Waals surface area (Å²) < 4.78 is 5.18. The summed E-state index contributed by atoms with van der Waals surface area (Å²) in [4.78, 5) is 0.0899. The van der Waals surface area contributed by atoms with E-state index in [2.05, 4.69) is 48.0 Å². The maximum Gasteiger partial charge on any atom is 0.120 e. The van der Waals surface area contributed by atoms with Crippen molar-refractivity contribution < 1.29 is 4.74 Å². The molecule has 2 aromatic carbocycles. The molecule has 0 aliphatic carbocycles. The Balaban J connectivity index is 2.47. The van der Waals surface area contributed by atoms with Crippen molar-refractivity contribution >= 4 is 27.5 Å². The summed E-state index contributed by atoms with van der Waals surface area (Å²) in [6.07, 6.45) is 0. The molecule has 19 heavy (non-hydrogen) atoms. The van der Waals surface area contributed by atoms with E-state index in [4.69, 9.17) is 16.3 Å². The van der Waals surface area contributed by atoms with Crippen molar-refractivity contribution in [3.63, 3.8) is 0 Å². The molecular weight excluding hydrogens is 324 g/mol. The topological polar surface area (TPSA) is 9.23 Å². The Morgan fingerprint density at radius 3 is 2.26 bits per heavy atom. The molecule has 0 N–H and O–H groups in total. The van der Waals surface area contributed by atoms with Gasteiger partial charge in [-0.3, -0.25) is 0 Å². The minimum atomic E-state index is 0.0899. The number of ether oxygens (including phenoxy) is 1. The van der Waals surface area contributed by atoms with Crippen molar-refractivity contribution in [2.75, 3.05) is 7.11 Å². The quantitative estimate of drug-likeness (QED) is 0.676. The summed E-state index contributed by atoms with van der Waals surface area (Å²) in [6, 6.07) is 12.1. The maximum absolute atomic E-state index is 6.35. The Hall–Kier alpha value is -0.990. The van der Waals surface area contributed by atoms with Crippen LogP contribution >= 0.6 is 27.5 Å². The van der Waals surface area contributed by atoms with Gasteiger partial charge in [-0.1, -0.05) is 51.8 Å². The molecule has 0 saturated carbocycles. The second kappa shape index (κ2) is 5.98. The Labute approximate surface area is 127 Å². The van der Waals surface area contributed by atoms with E-state index in [1.54, 1.807) is 7.11 Å². The maximum atomic E-state index is 6.35. The number of halogens is 2. The molecule has 0 bridgehead atoms. The van der Waals surface area contributed by atoms with Gasteiger partial charge in [0.25, 0.3) is 0 Å². The van der Waals surface area contributed by atoms with Crippen LogP contribution in [-0.2, 0) is 0 Å². The van der Waals surface area contributed by atoms with Crippen molar-refractivity contribution in [3.05, 3.63) is 63.7 Å². The van der Waals surface area contributed by atoms with Crippen LogP contribution in [0, 0.1) is 13.8 Å². The van der Waals surface area contributed by atoms with E-state index in [9.17, 15) is 0 Å². The predicted octanol–water partition coefficient (Wildman–Crippen LogP) is 5.45. The molecule has 0 aliphatic rings. The smallest absolute Gasteiger partial charge is 0.120 e. The van der Waals surface area contributed by atoms with Gasteiger partial charge in [-0.25, -0.2) is 0 Å². The van der Waals surface area contributed by atoms with Gasteiger partial charge < -0.3 is 4.74 Å². The number of alkyl halides is 1. The lowest BCUT2D eigenvalue weighted by Gasteiger charge is -2.18. The first kappa shape index (κ1) is 14.4. The van der Waals surface area contributed by atoms with Crippen molar-refractivity contribution in [3.8, 4) is 5.75 Å². The molecule has 0 radical (unpaired) electrons. The van der Waals surface area contributed by atoms with E-state index < -0.39 is 0 Å². The van der Waals surface area contributed by atoms with Crippen LogP contribution in [-0.4, -0.2) is 7.11 Å². The van der Waals surface area contributed by atoms with Crippen LogP contribution in [0.3, 0.4) is 0 Å². The van der Waals surface area contributed by atoms with Crippen LogP contribution in [0.1, 0.15) is 27.1 Å². The first-order chi connectivity index (χ1) is 9.04. The van der Waals surface area contributed by atoms with Crippen LogP contribution < -0.4 is 4.74 Å². The van der Waals surface area contributed by atoms with Crippen LogP contribution in [0.25, 0.3) is 0 Å². The average molecular weight is 340 g/mol. The first-order valence-corrected chi connectivity index (χ1v) is 7.37. The summed E-state index contributed by atoms with van der Waals surface area (Å²) in [5, 5.41) is 0.712. The highest BCUT2D eigenvalue weighted by atomic mass is 79.9. The van der Waals surface area contributed by atoms with E-state index in [0.29, 0.717) is 5.02 Å². The van der Waals surface area contributed by atoms with Crippen molar-refractivity contribution in [2.45, 2.75) is 18.7 Å². The van der Waals surface area contributed by atoms with Crippen LogP contribution in [0.4, 0.5) is 0 Å². The van der Waals surface area contributed by atoms with E-state index in [1.165, 1.54) is 16.7 Å². The number of benzene rings is 2. The summed E-state index contributed by atoms with van der Waals surface area (Å²) in [7, 11) is 1.64. The fourth-order valence-electron chi connectivity index (χ4n) is 2.22. The Morgan fingerprint density at radius 1 is 1.11 bits per heavy atom. The molecule has 1 nitrogen and oxygen atoms in total. The van der Waals surface area contributed by atoms with Crippen LogP contribution in [0.5, 0.6) is 5.75 Å². The van der Waals surface area contributed by atoms with E-state index in [0.717, 1.165) is 11.3 Å². The molecule has 3 heteroatoms. The molecule has 0 spiro atoms. The molecule has 0 aliphatic heterocycles. The van der Waals surface area contributed by atoms with Gasteiger partial charge in [0, 0.05) is 5.02 Å². The largest absolute Gasteiger partial charge is 0.497 e. The highest BCUT2D eigenvalue weighted by Crippen LogP contribution is 2.39. The second-order valence-electron chi connectivity index (χ2n) is 4.56. The Kier molecular flexibility index (Phi) is 4.54. The monoisotopic (exact) mass is 338 g/mol. The minimum Gasteiger partial charge on any atom is -0.497 e. The van der Waals surface area contributed by atoms with Crippen molar-refractivity contribution in [2.24, 2.45) is 0 Å². The minimum absolute atomic E-state index is 0.0899. The predicted molar refractivity (Wildman–Crippen MR) is 84.7 cm³/mol. The lowest BCUT2D eigenvalue weighted by Crippen LogP contribution is -2.00. The molecule has 0 saturated heterocycles. The lowest BCUT2D eigenvalue weighted by molar-refractivity contribution is 0.414. The highest BCUT2D eigenvalue weighted by molar-refractivity contribution is 9.09. The molecule has 2 rings (SSSR count). The molecule has 0 amide bonds. The number of rotatable bonds is 3. The van der Waals surface area contributed by atoms with Gasteiger partial charge in [0.2, 0.25) is 0 Å².